The van der Waals surface area contributed by atoms with Gasteiger partial charge < -0.3 is 15.2 Å². The Morgan fingerprint density at radius 3 is 3.06 bits per heavy atom. The van der Waals surface area contributed by atoms with E-state index in [0.29, 0.717) is 13.2 Å². The standard InChI is InChI=1S/C12H15NO2S/c14-6-8-15-7-5-13-11-3-1-2-10-4-9-16-12(10)11/h1-4,9,13-14H,5-8H2. The molecule has 1 aromatic carbocycles. The van der Waals surface area contributed by atoms with E-state index in [1.165, 1.54) is 10.1 Å². The Balaban J connectivity index is 1.91. The summed E-state index contributed by atoms with van der Waals surface area (Å²) in [5.74, 6) is 0. The Bertz CT molecular complexity index is 441. The molecule has 2 aromatic rings. The lowest BCUT2D eigenvalue weighted by atomic mass is 10.2. The fourth-order valence-electron chi connectivity index (χ4n) is 1.56. The molecule has 0 aliphatic carbocycles. The molecule has 2 N–H and O–H groups in total. The van der Waals surface area contributed by atoms with Crippen molar-refractivity contribution in [3.05, 3.63) is 29.6 Å². The lowest BCUT2D eigenvalue weighted by molar-refractivity contribution is 0.0992. The Morgan fingerprint density at radius 1 is 1.25 bits per heavy atom. The van der Waals surface area contributed by atoms with E-state index in [2.05, 4.69) is 28.9 Å². The highest BCUT2D eigenvalue weighted by molar-refractivity contribution is 7.17. The Hall–Kier alpha value is -1.10. The molecule has 0 atom stereocenters. The molecular formula is C12H15NO2S. The van der Waals surface area contributed by atoms with Crippen LogP contribution in [0.2, 0.25) is 0 Å². The Kier molecular flexibility index (Phi) is 4.16. The molecule has 0 saturated carbocycles. The van der Waals surface area contributed by atoms with Crippen LogP contribution in [0.3, 0.4) is 0 Å². The van der Waals surface area contributed by atoms with Crippen LogP contribution in [0.5, 0.6) is 0 Å². The molecule has 0 saturated heterocycles. The third-order valence-corrected chi connectivity index (χ3v) is 3.24. The minimum atomic E-state index is 0.0838. The molecule has 0 unspecified atom stereocenters. The van der Waals surface area contributed by atoms with Crippen LogP contribution in [-0.4, -0.2) is 31.5 Å². The predicted molar refractivity (Wildman–Crippen MR) is 68.2 cm³/mol. The van der Waals surface area contributed by atoms with Gasteiger partial charge >= 0.3 is 0 Å². The van der Waals surface area contributed by atoms with Gasteiger partial charge in [0, 0.05) is 6.54 Å². The van der Waals surface area contributed by atoms with Gasteiger partial charge in [0.15, 0.2) is 0 Å². The van der Waals surface area contributed by atoms with Crippen molar-refractivity contribution < 1.29 is 9.84 Å². The first-order chi connectivity index (χ1) is 7.92. The van der Waals surface area contributed by atoms with Gasteiger partial charge in [0.05, 0.1) is 30.2 Å². The van der Waals surface area contributed by atoms with Gasteiger partial charge in [-0.15, -0.1) is 11.3 Å². The molecule has 3 nitrogen and oxygen atoms in total. The molecule has 0 fully saturated rings. The van der Waals surface area contributed by atoms with Crippen molar-refractivity contribution in [1.29, 1.82) is 0 Å². The van der Waals surface area contributed by atoms with Gasteiger partial charge in [-0.25, -0.2) is 0 Å². The topological polar surface area (TPSA) is 41.5 Å². The number of aliphatic hydroxyl groups is 1. The van der Waals surface area contributed by atoms with Crippen LogP contribution in [0.15, 0.2) is 29.6 Å². The minimum absolute atomic E-state index is 0.0838. The zero-order valence-corrected chi connectivity index (χ0v) is 9.80. The number of benzene rings is 1. The molecule has 0 spiro atoms. The van der Waals surface area contributed by atoms with E-state index in [9.17, 15) is 0 Å². The van der Waals surface area contributed by atoms with Gasteiger partial charge in [0.2, 0.25) is 0 Å². The number of thiophene rings is 1. The van der Waals surface area contributed by atoms with Crippen LogP contribution in [0.4, 0.5) is 5.69 Å². The van der Waals surface area contributed by atoms with Crippen LogP contribution in [0.1, 0.15) is 0 Å². The van der Waals surface area contributed by atoms with Crippen molar-refractivity contribution in [3.63, 3.8) is 0 Å². The second-order valence-corrected chi connectivity index (χ2v) is 4.32. The van der Waals surface area contributed by atoms with Gasteiger partial charge in [-0.3, -0.25) is 0 Å². The van der Waals surface area contributed by atoms with E-state index in [-0.39, 0.29) is 6.61 Å². The van der Waals surface area contributed by atoms with Crippen molar-refractivity contribution in [2.75, 3.05) is 31.7 Å². The Morgan fingerprint density at radius 2 is 2.19 bits per heavy atom. The van der Waals surface area contributed by atoms with Crippen LogP contribution < -0.4 is 5.32 Å². The number of hydrogen-bond donors (Lipinski definition) is 2. The number of ether oxygens (including phenoxy) is 1. The summed E-state index contributed by atoms with van der Waals surface area (Å²) in [5.41, 5.74) is 1.15. The second kappa shape index (κ2) is 5.84. The normalized spacial score (nSPS) is 10.8. The van der Waals surface area contributed by atoms with Crippen molar-refractivity contribution in [2.24, 2.45) is 0 Å². The summed E-state index contributed by atoms with van der Waals surface area (Å²) in [6.45, 7) is 1.87. The molecule has 16 heavy (non-hydrogen) atoms. The maximum atomic E-state index is 8.55. The number of fused-ring (bicyclic) bond motifs is 1. The molecule has 2 rings (SSSR count). The largest absolute Gasteiger partial charge is 0.394 e. The van der Waals surface area contributed by atoms with E-state index in [0.717, 1.165) is 12.2 Å². The first kappa shape index (κ1) is 11.4. The first-order valence-electron chi connectivity index (χ1n) is 5.30. The lowest BCUT2D eigenvalue weighted by Gasteiger charge is -2.07. The van der Waals surface area contributed by atoms with E-state index in [1.54, 1.807) is 11.3 Å². The Labute approximate surface area is 98.7 Å². The predicted octanol–water partition coefficient (Wildman–Crippen LogP) is 2.32. The molecule has 0 bridgehead atoms. The second-order valence-electron chi connectivity index (χ2n) is 3.41. The number of anilines is 1. The van der Waals surface area contributed by atoms with Crippen molar-refractivity contribution in [1.82, 2.24) is 0 Å². The average Bonchev–Trinajstić information content (AvgIpc) is 2.77. The minimum Gasteiger partial charge on any atom is -0.394 e. The molecule has 0 radical (unpaired) electrons. The van der Waals surface area contributed by atoms with E-state index in [1.807, 2.05) is 6.07 Å². The monoisotopic (exact) mass is 237 g/mol. The van der Waals surface area contributed by atoms with Crippen LogP contribution in [0, 0.1) is 0 Å². The quantitative estimate of drug-likeness (QED) is 0.758. The van der Waals surface area contributed by atoms with Crippen LogP contribution in [0.25, 0.3) is 10.1 Å². The highest BCUT2D eigenvalue weighted by Gasteiger charge is 2.00. The van der Waals surface area contributed by atoms with E-state index < -0.39 is 0 Å². The zero-order valence-electron chi connectivity index (χ0n) is 8.98. The molecule has 1 heterocycles. The van der Waals surface area contributed by atoms with Crippen molar-refractivity contribution in [3.8, 4) is 0 Å². The maximum Gasteiger partial charge on any atom is 0.0698 e. The fourth-order valence-corrected chi connectivity index (χ4v) is 2.45. The van der Waals surface area contributed by atoms with E-state index in [4.69, 9.17) is 9.84 Å². The molecular weight excluding hydrogens is 222 g/mol. The maximum absolute atomic E-state index is 8.55. The van der Waals surface area contributed by atoms with Crippen molar-refractivity contribution in [2.45, 2.75) is 0 Å². The highest BCUT2D eigenvalue weighted by atomic mass is 32.1. The van der Waals surface area contributed by atoms with Gasteiger partial charge in [-0.05, 0) is 22.9 Å². The highest BCUT2D eigenvalue weighted by Crippen LogP contribution is 2.28. The molecule has 86 valence electrons. The molecule has 0 aliphatic heterocycles. The van der Waals surface area contributed by atoms with Gasteiger partial charge in [-0.1, -0.05) is 12.1 Å². The SMILES string of the molecule is OCCOCCNc1cccc2ccsc12. The summed E-state index contributed by atoms with van der Waals surface area (Å²) in [4.78, 5) is 0. The molecule has 0 amide bonds. The number of hydrogen-bond acceptors (Lipinski definition) is 4. The van der Waals surface area contributed by atoms with Crippen molar-refractivity contribution >= 4 is 27.1 Å². The summed E-state index contributed by atoms with van der Waals surface area (Å²) >= 11 is 1.74. The summed E-state index contributed by atoms with van der Waals surface area (Å²) < 4.78 is 6.47. The molecule has 4 heteroatoms. The smallest absolute Gasteiger partial charge is 0.0698 e. The third-order valence-electron chi connectivity index (χ3n) is 2.28. The average molecular weight is 237 g/mol. The summed E-state index contributed by atoms with van der Waals surface area (Å²) in [6, 6.07) is 8.35. The van der Waals surface area contributed by atoms with E-state index >= 15 is 0 Å². The third kappa shape index (κ3) is 2.72. The van der Waals surface area contributed by atoms with Crippen LogP contribution in [-0.2, 0) is 4.74 Å². The lowest BCUT2D eigenvalue weighted by Crippen LogP contribution is -2.11. The molecule has 0 aliphatic rings. The number of rotatable bonds is 6. The zero-order chi connectivity index (χ0) is 11.2. The fraction of sp³-hybridized carbons (Fsp3) is 0.333. The summed E-state index contributed by atoms with van der Waals surface area (Å²) in [5, 5.41) is 15.3. The molecule has 1 aromatic heterocycles. The number of aliphatic hydroxyl groups excluding tert-OH is 1. The van der Waals surface area contributed by atoms with Gasteiger partial charge in [0.25, 0.3) is 0 Å². The van der Waals surface area contributed by atoms with Gasteiger partial charge in [0.1, 0.15) is 0 Å². The first-order valence-corrected chi connectivity index (χ1v) is 6.18. The van der Waals surface area contributed by atoms with Gasteiger partial charge in [-0.2, -0.15) is 0 Å². The number of nitrogens with one attached hydrogen (secondary N) is 1. The summed E-state index contributed by atoms with van der Waals surface area (Å²) in [6.07, 6.45) is 0. The van der Waals surface area contributed by atoms with Crippen LogP contribution >= 0.6 is 11.3 Å². The summed E-state index contributed by atoms with van der Waals surface area (Å²) in [7, 11) is 0.